The smallest absolute Gasteiger partial charge is 0.330 e. The number of rotatable bonds is 4. The molecule has 0 radical (unpaired) electrons. The molecule has 1 aromatic heterocycles. The Labute approximate surface area is 123 Å². The SMILES string of the molecule is COC(=O)/C=C/CNC(=O)c1c(C)n(C)c2ccccc12. The second-order valence-corrected chi connectivity index (χ2v) is 4.67. The zero-order valence-corrected chi connectivity index (χ0v) is 12.3. The van der Waals surface area contributed by atoms with Crippen LogP contribution in [0.2, 0.25) is 0 Å². The van der Waals surface area contributed by atoms with Crippen molar-refractivity contribution in [3.63, 3.8) is 0 Å². The van der Waals surface area contributed by atoms with Gasteiger partial charge in [-0.2, -0.15) is 0 Å². The van der Waals surface area contributed by atoms with E-state index in [1.54, 1.807) is 6.08 Å². The van der Waals surface area contributed by atoms with Gasteiger partial charge in [-0.05, 0) is 13.0 Å². The summed E-state index contributed by atoms with van der Waals surface area (Å²) in [5.41, 5.74) is 2.59. The van der Waals surface area contributed by atoms with Crippen molar-refractivity contribution < 1.29 is 14.3 Å². The number of methoxy groups -OCH3 is 1. The van der Waals surface area contributed by atoms with Gasteiger partial charge in [-0.3, -0.25) is 4.79 Å². The monoisotopic (exact) mass is 286 g/mol. The lowest BCUT2D eigenvalue weighted by Gasteiger charge is -2.03. The summed E-state index contributed by atoms with van der Waals surface area (Å²) >= 11 is 0. The topological polar surface area (TPSA) is 60.3 Å². The maximum absolute atomic E-state index is 12.3. The Morgan fingerprint density at radius 3 is 2.76 bits per heavy atom. The number of nitrogens with zero attached hydrogens (tertiary/aromatic N) is 1. The first-order chi connectivity index (χ1) is 10.1. The van der Waals surface area contributed by atoms with Gasteiger partial charge >= 0.3 is 5.97 Å². The Hall–Kier alpha value is -2.56. The fourth-order valence-corrected chi connectivity index (χ4v) is 2.27. The number of hydrogen-bond donors (Lipinski definition) is 1. The normalized spacial score (nSPS) is 11.0. The van der Waals surface area contributed by atoms with Gasteiger partial charge in [-0.1, -0.05) is 24.3 Å². The van der Waals surface area contributed by atoms with Crippen molar-refractivity contribution in [2.45, 2.75) is 6.92 Å². The van der Waals surface area contributed by atoms with Gasteiger partial charge in [-0.15, -0.1) is 0 Å². The number of esters is 1. The van der Waals surface area contributed by atoms with Gasteiger partial charge in [0.1, 0.15) is 0 Å². The van der Waals surface area contributed by atoms with E-state index in [-0.39, 0.29) is 12.5 Å². The number of ether oxygens (including phenoxy) is 1. The van der Waals surface area contributed by atoms with Crippen LogP contribution in [-0.2, 0) is 16.6 Å². The van der Waals surface area contributed by atoms with Crippen LogP contribution in [0.5, 0.6) is 0 Å². The number of nitrogens with one attached hydrogen (secondary N) is 1. The molecule has 0 spiro atoms. The van der Waals surface area contributed by atoms with Crippen molar-refractivity contribution in [1.29, 1.82) is 0 Å². The molecule has 0 aliphatic carbocycles. The van der Waals surface area contributed by atoms with Crippen molar-refractivity contribution in [3.05, 3.63) is 47.7 Å². The highest BCUT2D eigenvalue weighted by Crippen LogP contribution is 2.24. The standard InChI is InChI=1S/C16H18N2O3/c1-11-15(12-7-4-5-8-13(12)18(11)2)16(20)17-10-6-9-14(19)21-3/h4-9H,10H2,1-3H3,(H,17,20)/b9-6+. The third-order valence-corrected chi connectivity index (χ3v) is 3.46. The molecule has 0 atom stereocenters. The predicted octanol–water partition coefficient (Wildman–Crippen LogP) is 1.95. The molecule has 110 valence electrons. The molecule has 1 amide bonds. The van der Waals surface area contributed by atoms with Crippen LogP contribution < -0.4 is 5.32 Å². The number of carbonyl (C=O) groups is 2. The van der Waals surface area contributed by atoms with E-state index in [1.807, 2.05) is 42.8 Å². The van der Waals surface area contributed by atoms with Gasteiger partial charge in [0.25, 0.3) is 5.91 Å². The number of hydrogen-bond acceptors (Lipinski definition) is 3. The molecule has 1 aromatic carbocycles. The quantitative estimate of drug-likeness (QED) is 0.690. The van der Waals surface area contributed by atoms with Crippen LogP contribution in [0.1, 0.15) is 16.1 Å². The molecule has 5 nitrogen and oxygen atoms in total. The lowest BCUT2D eigenvalue weighted by Crippen LogP contribution is -2.24. The number of fused-ring (bicyclic) bond motifs is 1. The Bertz CT molecular complexity index is 714. The summed E-state index contributed by atoms with van der Waals surface area (Å²) in [6, 6.07) is 7.77. The fraction of sp³-hybridized carbons (Fsp3) is 0.250. The van der Waals surface area contributed by atoms with Gasteiger partial charge < -0.3 is 14.6 Å². The zero-order valence-electron chi connectivity index (χ0n) is 12.3. The number of benzene rings is 1. The Balaban J connectivity index is 2.19. The average Bonchev–Trinajstić information content (AvgIpc) is 2.75. The molecule has 0 unspecified atom stereocenters. The average molecular weight is 286 g/mol. The van der Waals surface area contributed by atoms with Gasteiger partial charge in [0, 0.05) is 36.3 Å². The van der Waals surface area contributed by atoms with Crippen LogP contribution in [0.15, 0.2) is 36.4 Å². The van der Waals surface area contributed by atoms with E-state index in [0.29, 0.717) is 5.56 Å². The molecule has 21 heavy (non-hydrogen) atoms. The molecule has 5 heteroatoms. The summed E-state index contributed by atoms with van der Waals surface area (Å²) in [4.78, 5) is 23.3. The maximum atomic E-state index is 12.3. The molecule has 2 rings (SSSR count). The Morgan fingerprint density at radius 1 is 1.33 bits per heavy atom. The summed E-state index contributed by atoms with van der Waals surface area (Å²) in [5, 5.41) is 3.70. The minimum Gasteiger partial charge on any atom is -0.466 e. The van der Waals surface area contributed by atoms with Crippen LogP contribution in [0, 0.1) is 6.92 Å². The van der Waals surface area contributed by atoms with E-state index in [0.717, 1.165) is 16.6 Å². The first-order valence-corrected chi connectivity index (χ1v) is 6.63. The Kier molecular flexibility index (Phi) is 4.42. The highest BCUT2D eigenvalue weighted by molar-refractivity contribution is 6.08. The van der Waals surface area contributed by atoms with Crippen LogP contribution >= 0.6 is 0 Å². The van der Waals surface area contributed by atoms with Gasteiger partial charge in [-0.25, -0.2) is 4.79 Å². The highest BCUT2D eigenvalue weighted by Gasteiger charge is 2.17. The van der Waals surface area contributed by atoms with Gasteiger partial charge in [0.05, 0.1) is 12.7 Å². The Morgan fingerprint density at radius 2 is 2.05 bits per heavy atom. The number of para-hydroxylation sites is 1. The van der Waals surface area contributed by atoms with Crippen molar-refractivity contribution in [2.75, 3.05) is 13.7 Å². The molecule has 0 saturated heterocycles. The van der Waals surface area contributed by atoms with Gasteiger partial charge in [0.15, 0.2) is 0 Å². The molecule has 0 bridgehead atoms. The first-order valence-electron chi connectivity index (χ1n) is 6.63. The van der Waals surface area contributed by atoms with E-state index < -0.39 is 5.97 Å². The van der Waals surface area contributed by atoms with E-state index in [2.05, 4.69) is 10.1 Å². The largest absolute Gasteiger partial charge is 0.466 e. The minimum absolute atomic E-state index is 0.154. The molecule has 2 aromatic rings. The first kappa shape index (κ1) is 14.8. The number of aryl methyl sites for hydroxylation is 1. The summed E-state index contributed by atoms with van der Waals surface area (Å²) in [5.74, 6) is -0.593. The van der Waals surface area contributed by atoms with Gasteiger partial charge in [0.2, 0.25) is 0 Å². The number of aromatic nitrogens is 1. The molecule has 0 saturated carbocycles. The zero-order chi connectivity index (χ0) is 15.4. The summed E-state index contributed by atoms with van der Waals surface area (Å²) < 4.78 is 6.47. The van der Waals surface area contributed by atoms with E-state index in [9.17, 15) is 9.59 Å². The number of amides is 1. The molecule has 0 aliphatic heterocycles. The summed E-state index contributed by atoms with van der Waals surface area (Å²) in [7, 11) is 3.25. The summed E-state index contributed by atoms with van der Waals surface area (Å²) in [6.07, 6.45) is 2.85. The predicted molar refractivity (Wildman–Crippen MR) is 81.1 cm³/mol. The fourth-order valence-electron chi connectivity index (χ4n) is 2.27. The lowest BCUT2D eigenvalue weighted by molar-refractivity contribution is -0.134. The van der Waals surface area contributed by atoms with E-state index in [4.69, 9.17) is 0 Å². The van der Waals surface area contributed by atoms with Crippen LogP contribution in [0.25, 0.3) is 10.9 Å². The second kappa shape index (κ2) is 6.26. The molecule has 0 fully saturated rings. The van der Waals surface area contributed by atoms with Crippen molar-refractivity contribution in [2.24, 2.45) is 7.05 Å². The molecule has 1 N–H and O–H groups in total. The molecule has 1 heterocycles. The molecular formula is C16H18N2O3. The van der Waals surface area contributed by atoms with Crippen molar-refractivity contribution in [3.8, 4) is 0 Å². The van der Waals surface area contributed by atoms with E-state index in [1.165, 1.54) is 13.2 Å². The molecule has 0 aliphatic rings. The third-order valence-electron chi connectivity index (χ3n) is 3.46. The van der Waals surface area contributed by atoms with Crippen molar-refractivity contribution in [1.82, 2.24) is 9.88 Å². The van der Waals surface area contributed by atoms with E-state index >= 15 is 0 Å². The number of carbonyl (C=O) groups excluding carboxylic acids is 2. The maximum Gasteiger partial charge on any atom is 0.330 e. The van der Waals surface area contributed by atoms with Crippen molar-refractivity contribution >= 4 is 22.8 Å². The van der Waals surface area contributed by atoms with Crippen LogP contribution in [0.4, 0.5) is 0 Å². The third kappa shape index (κ3) is 2.97. The lowest BCUT2D eigenvalue weighted by atomic mass is 10.1. The second-order valence-electron chi connectivity index (χ2n) is 4.67. The summed E-state index contributed by atoms with van der Waals surface area (Å²) in [6.45, 7) is 2.19. The van der Waals surface area contributed by atoms with Crippen LogP contribution in [-0.4, -0.2) is 30.1 Å². The van der Waals surface area contributed by atoms with Crippen LogP contribution in [0.3, 0.4) is 0 Å². The minimum atomic E-state index is -0.439. The molecular weight excluding hydrogens is 268 g/mol. The highest BCUT2D eigenvalue weighted by atomic mass is 16.5.